The Bertz CT molecular complexity index is 983. The lowest BCUT2D eigenvalue weighted by atomic mass is 9.94. The molecule has 4 rings (SSSR count). The van der Waals surface area contributed by atoms with Gasteiger partial charge in [0.1, 0.15) is 0 Å². The second-order valence-electron chi connectivity index (χ2n) is 5.92. The van der Waals surface area contributed by atoms with Crippen molar-refractivity contribution in [1.82, 2.24) is 15.0 Å². The molecule has 1 aliphatic rings. The summed E-state index contributed by atoms with van der Waals surface area (Å²) in [6.07, 6.45) is 0.870. The molecule has 0 atom stereocenters. The van der Waals surface area contributed by atoms with Crippen LogP contribution in [-0.2, 0) is 18.0 Å². The molecular weight excluding hydrogens is 391 g/mol. The summed E-state index contributed by atoms with van der Waals surface area (Å²) in [6.45, 7) is 1.14. The third kappa shape index (κ3) is 3.34. The van der Waals surface area contributed by atoms with E-state index in [0.717, 1.165) is 39.6 Å². The number of anilines is 1. The number of rotatable bonds is 5. The first-order valence-corrected chi connectivity index (χ1v) is 10.1. The van der Waals surface area contributed by atoms with Crippen molar-refractivity contribution in [3.05, 3.63) is 40.4 Å². The first-order chi connectivity index (χ1) is 12.7. The Morgan fingerprint density at radius 2 is 2.00 bits per heavy atom. The average molecular weight is 407 g/mol. The Morgan fingerprint density at radius 1 is 1.15 bits per heavy atom. The Morgan fingerprint density at radius 3 is 2.85 bits per heavy atom. The SMILES string of the molecule is Nc1nc(SCCCCl)nc(-c2c(Cl)cc3c4c(cccc24)COC3)n1. The van der Waals surface area contributed by atoms with Crippen molar-refractivity contribution in [2.24, 2.45) is 0 Å². The second kappa shape index (κ2) is 7.56. The quantitative estimate of drug-likeness (QED) is 0.376. The third-order valence-corrected chi connectivity index (χ3v) is 5.66. The number of benzene rings is 2. The zero-order valence-electron chi connectivity index (χ0n) is 13.8. The summed E-state index contributed by atoms with van der Waals surface area (Å²) in [5, 5.41) is 3.33. The molecule has 1 aromatic heterocycles. The van der Waals surface area contributed by atoms with Crippen LogP contribution in [0.3, 0.4) is 0 Å². The first kappa shape index (κ1) is 17.8. The van der Waals surface area contributed by atoms with Crippen molar-refractivity contribution in [2.45, 2.75) is 24.8 Å². The average Bonchev–Trinajstić information content (AvgIpc) is 2.62. The molecule has 0 bridgehead atoms. The van der Waals surface area contributed by atoms with Gasteiger partial charge in [0.25, 0.3) is 0 Å². The van der Waals surface area contributed by atoms with Crippen LogP contribution in [0.25, 0.3) is 22.2 Å². The van der Waals surface area contributed by atoms with Crippen molar-refractivity contribution < 1.29 is 4.74 Å². The zero-order valence-corrected chi connectivity index (χ0v) is 16.2. The largest absolute Gasteiger partial charge is 0.372 e. The van der Waals surface area contributed by atoms with E-state index in [4.69, 9.17) is 33.7 Å². The Hall–Kier alpha value is -1.60. The van der Waals surface area contributed by atoms with Crippen molar-refractivity contribution in [2.75, 3.05) is 17.4 Å². The summed E-state index contributed by atoms with van der Waals surface area (Å²) in [6, 6.07) is 8.03. The summed E-state index contributed by atoms with van der Waals surface area (Å²) in [5.41, 5.74) is 8.92. The van der Waals surface area contributed by atoms with E-state index in [1.165, 1.54) is 11.8 Å². The lowest BCUT2D eigenvalue weighted by molar-refractivity contribution is 0.103. The monoisotopic (exact) mass is 406 g/mol. The van der Waals surface area contributed by atoms with Gasteiger partial charge in [0.2, 0.25) is 5.95 Å². The minimum atomic E-state index is 0.184. The predicted molar refractivity (Wildman–Crippen MR) is 107 cm³/mol. The maximum absolute atomic E-state index is 6.61. The van der Waals surface area contributed by atoms with Gasteiger partial charge >= 0.3 is 0 Å². The van der Waals surface area contributed by atoms with Crippen LogP contribution in [-0.4, -0.2) is 26.6 Å². The second-order valence-corrected chi connectivity index (χ2v) is 7.76. The molecule has 26 heavy (non-hydrogen) atoms. The minimum Gasteiger partial charge on any atom is -0.372 e. The van der Waals surface area contributed by atoms with Gasteiger partial charge in [-0.25, -0.2) is 4.98 Å². The number of nitrogen functional groups attached to an aromatic ring is 1. The molecule has 5 nitrogen and oxygen atoms in total. The number of hydrogen-bond acceptors (Lipinski definition) is 6. The molecule has 8 heteroatoms. The smallest absolute Gasteiger partial charge is 0.224 e. The first-order valence-electron chi connectivity index (χ1n) is 8.19. The Labute approximate surface area is 165 Å². The maximum atomic E-state index is 6.61. The Balaban J connectivity index is 1.87. The van der Waals surface area contributed by atoms with Gasteiger partial charge in [0, 0.05) is 17.2 Å². The number of nitrogens with two attached hydrogens (primary N) is 1. The minimum absolute atomic E-state index is 0.184. The lowest BCUT2D eigenvalue weighted by Gasteiger charge is -2.20. The van der Waals surface area contributed by atoms with Crippen LogP contribution in [0.4, 0.5) is 5.95 Å². The zero-order chi connectivity index (χ0) is 18.1. The molecular formula is C18H16Cl2N4OS. The molecule has 2 aromatic carbocycles. The predicted octanol–water partition coefficient (Wildman–Crippen LogP) is 4.68. The molecule has 2 N–H and O–H groups in total. The normalized spacial score (nSPS) is 13.3. The van der Waals surface area contributed by atoms with Gasteiger partial charge in [-0.3, -0.25) is 0 Å². The molecule has 0 saturated carbocycles. The highest BCUT2D eigenvalue weighted by Gasteiger charge is 2.20. The fourth-order valence-corrected chi connectivity index (χ4v) is 4.50. The molecule has 0 fully saturated rings. The van der Waals surface area contributed by atoms with Gasteiger partial charge in [-0.1, -0.05) is 41.6 Å². The number of aromatic nitrogens is 3. The highest BCUT2D eigenvalue weighted by molar-refractivity contribution is 7.99. The number of halogens is 2. The van der Waals surface area contributed by atoms with Crippen LogP contribution >= 0.6 is 35.0 Å². The molecule has 0 saturated heterocycles. The molecule has 0 unspecified atom stereocenters. The van der Waals surface area contributed by atoms with Crippen molar-refractivity contribution in [1.29, 1.82) is 0 Å². The highest BCUT2D eigenvalue weighted by Crippen LogP contribution is 2.39. The number of alkyl halides is 1. The maximum Gasteiger partial charge on any atom is 0.224 e. The molecule has 0 spiro atoms. The van der Waals surface area contributed by atoms with E-state index >= 15 is 0 Å². The molecule has 1 aliphatic heterocycles. The summed E-state index contributed by atoms with van der Waals surface area (Å²) >= 11 is 13.9. The van der Waals surface area contributed by atoms with Crippen LogP contribution in [0, 0.1) is 0 Å². The van der Waals surface area contributed by atoms with E-state index in [1.807, 2.05) is 18.2 Å². The van der Waals surface area contributed by atoms with Crippen LogP contribution in [0.2, 0.25) is 5.02 Å². The van der Waals surface area contributed by atoms with Crippen LogP contribution in [0.15, 0.2) is 29.4 Å². The standard InChI is InChI=1S/C18H16Cl2N4OS/c19-5-2-6-26-18-23-16(22-17(21)24-18)15-12-4-1-3-10-8-25-9-11(14(10)12)7-13(15)20/h1,3-4,7H,2,5-6,8-9H2,(H2,21,22,23,24). The third-order valence-electron chi connectivity index (χ3n) is 4.16. The van der Waals surface area contributed by atoms with E-state index in [1.54, 1.807) is 0 Å². The Kier molecular flexibility index (Phi) is 5.18. The summed E-state index contributed by atoms with van der Waals surface area (Å²) < 4.78 is 5.65. The molecule has 2 heterocycles. The van der Waals surface area contributed by atoms with E-state index in [2.05, 4.69) is 21.0 Å². The fraction of sp³-hybridized carbons (Fsp3) is 0.278. The summed E-state index contributed by atoms with van der Waals surface area (Å²) in [4.78, 5) is 13.2. The fourth-order valence-electron chi connectivity index (χ4n) is 3.11. The number of hydrogen-bond donors (Lipinski definition) is 1. The van der Waals surface area contributed by atoms with E-state index in [9.17, 15) is 0 Å². The van der Waals surface area contributed by atoms with Crippen molar-refractivity contribution in [3.63, 3.8) is 0 Å². The lowest BCUT2D eigenvalue weighted by Crippen LogP contribution is -2.07. The number of ether oxygens (including phenoxy) is 1. The van der Waals surface area contributed by atoms with Gasteiger partial charge in [-0.15, -0.1) is 11.6 Å². The number of nitrogens with zero attached hydrogens (tertiary/aromatic N) is 3. The highest BCUT2D eigenvalue weighted by atomic mass is 35.5. The molecule has 0 radical (unpaired) electrons. The summed E-state index contributed by atoms with van der Waals surface area (Å²) in [5.74, 6) is 2.10. The van der Waals surface area contributed by atoms with E-state index in [0.29, 0.717) is 35.1 Å². The van der Waals surface area contributed by atoms with Crippen molar-refractivity contribution in [3.8, 4) is 11.4 Å². The van der Waals surface area contributed by atoms with E-state index < -0.39 is 0 Å². The van der Waals surface area contributed by atoms with Gasteiger partial charge < -0.3 is 10.5 Å². The van der Waals surface area contributed by atoms with Gasteiger partial charge in [0.05, 0.1) is 18.2 Å². The topological polar surface area (TPSA) is 73.9 Å². The number of thioether (sulfide) groups is 1. The van der Waals surface area contributed by atoms with Crippen LogP contribution < -0.4 is 5.73 Å². The van der Waals surface area contributed by atoms with Gasteiger partial charge in [0.15, 0.2) is 11.0 Å². The van der Waals surface area contributed by atoms with E-state index in [-0.39, 0.29) is 5.95 Å². The molecule has 0 amide bonds. The van der Waals surface area contributed by atoms with Gasteiger partial charge in [-0.2, -0.15) is 9.97 Å². The van der Waals surface area contributed by atoms with Crippen LogP contribution in [0.5, 0.6) is 0 Å². The molecule has 3 aromatic rings. The molecule has 134 valence electrons. The molecule has 0 aliphatic carbocycles. The van der Waals surface area contributed by atoms with Crippen LogP contribution in [0.1, 0.15) is 17.5 Å². The summed E-state index contributed by atoms with van der Waals surface area (Å²) in [7, 11) is 0. The van der Waals surface area contributed by atoms with Gasteiger partial charge in [-0.05, 0) is 34.4 Å². The van der Waals surface area contributed by atoms with Crippen molar-refractivity contribution >= 4 is 51.7 Å².